The zero-order valence-corrected chi connectivity index (χ0v) is 9.54. The standard InChI is InChI=1S/C14H10N4/c1-2-12(18-7-6-15-13(18)3-1)11-8-10-4-5-16-14(10)17-9-11/h1-9H,(H,16,17). The molecule has 0 aliphatic rings. The molecule has 86 valence electrons. The van der Waals surface area contributed by atoms with Crippen LogP contribution in [0.25, 0.3) is 27.9 Å². The van der Waals surface area contributed by atoms with Crippen molar-refractivity contribution in [3.05, 3.63) is 55.1 Å². The highest BCUT2D eigenvalue weighted by molar-refractivity contribution is 5.80. The quantitative estimate of drug-likeness (QED) is 0.550. The summed E-state index contributed by atoms with van der Waals surface area (Å²) in [6.07, 6.45) is 7.56. The topological polar surface area (TPSA) is 46.0 Å². The Labute approximate surface area is 103 Å². The van der Waals surface area contributed by atoms with Gasteiger partial charge >= 0.3 is 0 Å². The van der Waals surface area contributed by atoms with E-state index in [1.54, 1.807) is 6.20 Å². The van der Waals surface area contributed by atoms with Crippen LogP contribution in [0.1, 0.15) is 0 Å². The van der Waals surface area contributed by atoms with Gasteiger partial charge in [-0.2, -0.15) is 0 Å². The fourth-order valence-corrected chi connectivity index (χ4v) is 2.26. The van der Waals surface area contributed by atoms with Crippen molar-refractivity contribution in [2.75, 3.05) is 0 Å². The van der Waals surface area contributed by atoms with E-state index < -0.39 is 0 Å². The number of fused-ring (bicyclic) bond motifs is 2. The lowest BCUT2D eigenvalue weighted by atomic mass is 10.1. The molecule has 4 aromatic rings. The summed E-state index contributed by atoms with van der Waals surface area (Å²) in [5.41, 5.74) is 4.05. The van der Waals surface area contributed by atoms with Gasteiger partial charge in [-0.15, -0.1) is 0 Å². The van der Waals surface area contributed by atoms with Crippen LogP contribution in [-0.2, 0) is 0 Å². The minimum absolute atomic E-state index is 0.913. The largest absolute Gasteiger partial charge is 0.346 e. The summed E-state index contributed by atoms with van der Waals surface area (Å²) in [5.74, 6) is 0. The zero-order chi connectivity index (χ0) is 11.9. The predicted molar refractivity (Wildman–Crippen MR) is 70.3 cm³/mol. The third-order valence-corrected chi connectivity index (χ3v) is 3.12. The minimum Gasteiger partial charge on any atom is -0.346 e. The molecule has 0 aliphatic heterocycles. The number of hydrogen-bond acceptors (Lipinski definition) is 2. The summed E-state index contributed by atoms with van der Waals surface area (Å²) in [4.78, 5) is 11.8. The van der Waals surface area contributed by atoms with E-state index in [0.717, 1.165) is 27.9 Å². The lowest BCUT2D eigenvalue weighted by molar-refractivity contribution is 1.18. The Balaban J connectivity index is 2.03. The molecule has 4 rings (SSSR count). The van der Waals surface area contributed by atoms with Gasteiger partial charge < -0.3 is 4.98 Å². The molecule has 4 heteroatoms. The zero-order valence-electron chi connectivity index (χ0n) is 9.54. The summed E-state index contributed by atoms with van der Waals surface area (Å²) in [7, 11) is 0. The van der Waals surface area contributed by atoms with E-state index in [2.05, 4.69) is 31.5 Å². The average Bonchev–Trinajstić information content (AvgIpc) is 3.05. The molecule has 0 saturated heterocycles. The number of nitrogens with zero attached hydrogens (tertiary/aromatic N) is 3. The fourth-order valence-electron chi connectivity index (χ4n) is 2.26. The molecule has 0 aromatic carbocycles. The second-order valence-corrected chi connectivity index (χ2v) is 4.21. The van der Waals surface area contributed by atoms with E-state index in [0.29, 0.717) is 0 Å². The number of imidazole rings is 1. The van der Waals surface area contributed by atoms with Gasteiger partial charge in [-0.3, -0.25) is 4.40 Å². The number of nitrogens with one attached hydrogen (secondary N) is 1. The molecule has 4 nitrogen and oxygen atoms in total. The smallest absolute Gasteiger partial charge is 0.137 e. The SMILES string of the molecule is c1cc(-c2cnc3[nH]ccc3c2)n2ccnc2c1. The van der Waals surface area contributed by atoms with Gasteiger partial charge in [-0.1, -0.05) is 6.07 Å². The van der Waals surface area contributed by atoms with E-state index in [9.17, 15) is 0 Å². The van der Waals surface area contributed by atoms with Crippen LogP contribution in [0.15, 0.2) is 55.1 Å². The number of pyridine rings is 2. The minimum atomic E-state index is 0.913. The van der Waals surface area contributed by atoms with Gasteiger partial charge in [0.25, 0.3) is 0 Å². The third kappa shape index (κ3) is 1.26. The maximum atomic E-state index is 4.42. The molecule has 4 heterocycles. The van der Waals surface area contributed by atoms with Crippen LogP contribution >= 0.6 is 0 Å². The van der Waals surface area contributed by atoms with Gasteiger partial charge in [0.2, 0.25) is 0 Å². The van der Waals surface area contributed by atoms with Gasteiger partial charge in [-0.05, 0) is 24.3 Å². The maximum absolute atomic E-state index is 4.42. The molecular weight excluding hydrogens is 224 g/mol. The molecule has 0 amide bonds. The average molecular weight is 234 g/mol. The van der Waals surface area contributed by atoms with Crippen LogP contribution in [0.3, 0.4) is 0 Å². The summed E-state index contributed by atoms with van der Waals surface area (Å²) in [6.45, 7) is 0. The number of hydrogen-bond donors (Lipinski definition) is 1. The molecule has 0 fully saturated rings. The summed E-state index contributed by atoms with van der Waals surface area (Å²) in [5, 5.41) is 1.12. The Kier molecular flexibility index (Phi) is 1.80. The maximum Gasteiger partial charge on any atom is 0.137 e. The van der Waals surface area contributed by atoms with Gasteiger partial charge in [-0.25, -0.2) is 9.97 Å². The van der Waals surface area contributed by atoms with Crippen LogP contribution in [0.4, 0.5) is 0 Å². The summed E-state index contributed by atoms with van der Waals surface area (Å²) >= 11 is 0. The van der Waals surface area contributed by atoms with E-state index in [-0.39, 0.29) is 0 Å². The van der Waals surface area contributed by atoms with Crippen molar-refractivity contribution in [3.63, 3.8) is 0 Å². The number of rotatable bonds is 1. The summed E-state index contributed by atoms with van der Waals surface area (Å²) in [6, 6.07) is 10.2. The first-order valence-electron chi connectivity index (χ1n) is 5.77. The van der Waals surface area contributed by atoms with Crippen LogP contribution in [0, 0.1) is 0 Å². The van der Waals surface area contributed by atoms with Crippen LogP contribution in [-0.4, -0.2) is 19.4 Å². The van der Waals surface area contributed by atoms with Crippen molar-refractivity contribution in [1.29, 1.82) is 0 Å². The van der Waals surface area contributed by atoms with E-state index in [1.165, 1.54) is 0 Å². The van der Waals surface area contributed by atoms with Crippen molar-refractivity contribution in [1.82, 2.24) is 19.4 Å². The normalized spacial score (nSPS) is 11.3. The van der Waals surface area contributed by atoms with Gasteiger partial charge in [0.15, 0.2) is 0 Å². The summed E-state index contributed by atoms with van der Waals surface area (Å²) < 4.78 is 2.06. The first-order chi connectivity index (χ1) is 8.92. The Morgan fingerprint density at radius 3 is 3.11 bits per heavy atom. The van der Waals surface area contributed by atoms with Gasteiger partial charge in [0.1, 0.15) is 11.3 Å². The molecule has 0 unspecified atom stereocenters. The Morgan fingerprint density at radius 2 is 2.11 bits per heavy atom. The highest BCUT2D eigenvalue weighted by atomic mass is 15.0. The fraction of sp³-hybridized carbons (Fsp3) is 0. The molecule has 0 radical (unpaired) electrons. The van der Waals surface area contributed by atoms with Gasteiger partial charge in [0.05, 0.1) is 5.69 Å². The van der Waals surface area contributed by atoms with Gasteiger partial charge in [0, 0.05) is 35.7 Å². The molecule has 0 saturated carbocycles. The Bertz CT molecular complexity index is 841. The molecule has 4 aromatic heterocycles. The Hall–Kier alpha value is -2.62. The first kappa shape index (κ1) is 9.41. The third-order valence-electron chi connectivity index (χ3n) is 3.12. The number of aromatic amines is 1. The lowest BCUT2D eigenvalue weighted by Gasteiger charge is -2.05. The molecule has 1 N–H and O–H groups in total. The molecule has 0 aliphatic carbocycles. The van der Waals surface area contributed by atoms with E-state index >= 15 is 0 Å². The van der Waals surface area contributed by atoms with Crippen molar-refractivity contribution in [2.45, 2.75) is 0 Å². The van der Waals surface area contributed by atoms with Crippen molar-refractivity contribution in [3.8, 4) is 11.3 Å². The first-order valence-corrected chi connectivity index (χ1v) is 5.77. The van der Waals surface area contributed by atoms with Crippen LogP contribution in [0.5, 0.6) is 0 Å². The number of H-pyrrole nitrogens is 1. The molecule has 0 atom stereocenters. The van der Waals surface area contributed by atoms with E-state index in [1.807, 2.05) is 36.8 Å². The van der Waals surface area contributed by atoms with Crippen molar-refractivity contribution >= 4 is 16.7 Å². The molecule has 18 heavy (non-hydrogen) atoms. The van der Waals surface area contributed by atoms with Crippen molar-refractivity contribution in [2.24, 2.45) is 0 Å². The monoisotopic (exact) mass is 234 g/mol. The van der Waals surface area contributed by atoms with Crippen LogP contribution in [0.2, 0.25) is 0 Å². The second-order valence-electron chi connectivity index (χ2n) is 4.21. The predicted octanol–water partition coefficient (Wildman–Crippen LogP) is 2.88. The highest BCUT2D eigenvalue weighted by Crippen LogP contribution is 2.22. The lowest BCUT2D eigenvalue weighted by Crippen LogP contribution is -1.91. The molecular formula is C14H10N4. The van der Waals surface area contributed by atoms with E-state index in [4.69, 9.17) is 0 Å². The van der Waals surface area contributed by atoms with Crippen LogP contribution < -0.4 is 0 Å². The highest BCUT2D eigenvalue weighted by Gasteiger charge is 2.05. The Morgan fingerprint density at radius 1 is 1.11 bits per heavy atom. The second kappa shape index (κ2) is 3.43. The molecule has 0 bridgehead atoms. The van der Waals surface area contributed by atoms with Crippen molar-refractivity contribution < 1.29 is 0 Å². The number of aromatic nitrogens is 4. The molecule has 0 spiro atoms.